The number of ether oxygens (including phenoxy) is 2. The lowest BCUT2D eigenvalue weighted by molar-refractivity contribution is -0.182. The van der Waals surface area contributed by atoms with Crippen LogP contribution in [0.5, 0.6) is 0 Å². The van der Waals surface area contributed by atoms with Gasteiger partial charge in [0.25, 0.3) is 0 Å². The summed E-state index contributed by atoms with van der Waals surface area (Å²) in [5.41, 5.74) is 0. The molecule has 1 aliphatic heterocycles. The standard InChI is InChI=1S/C12H25NO2/c1-4-11(5-2)13(3)8-7-12-14-9-6-10-15-12/h11-12H,4-10H2,1-3H3. The summed E-state index contributed by atoms with van der Waals surface area (Å²) >= 11 is 0. The first-order chi connectivity index (χ1) is 7.27. The van der Waals surface area contributed by atoms with Crippen LogP contribution in [0.15, 0.2) is 0 Å². The van der Waals surface area contributed by atoms with Gasteiger partial charge in [-0.2, -0.15) is 0 Å². The Hall–Kier alpha value is -0.120. The average molecular weight is 215 g/mol. The Balaban J connectivity index is 2.16. The molecular weight excluding hydrogens is 190 g/mol. The van der Waals surface area contributed by atoms with E-state index in [1.165, 1.54) is 12.8 Å². The molecule has 0 aliphatic carbocycles. The van der Waals surface area contributed by atoms with Crippen molar-refractivity contribution in [3.8, 4) is 0 Å². The minimum Gasteiger partial charge on any atom is -0.353 e. The molecule has 0 radical (unpaired) electrons. The van der Waals surface area contributed by atoms with Gasteiger partial charge in [0.1, 0.15) is 0 Å². The van der Waals surface area contributed by atoms with Crippen molar-refractivity contribution in [1.82, 2.24) is 4.90 Å². The van der Waals surface area contributed by atoms with E-state index in [1.807, 2.05) is 0 Å². The molecule has 0 unspecified atom stereocenters. The van der Waals surface area contributed by atoms with Crippen molar-refractivity contribution in [2.45, 2.75) is 51.9 Å². The predicted octanol–water partition coefficient (Wildman–Crippen LogP) is 2.26. The molecule has 90 valence electrons. The van der Waals surface area contributed by atoms with Crippen molar-refractivity contribution >= 4 is 0 Å². The van der Waals surface area contributed by atoms with E-state index in [9.17, 15) is 0 Å². The van der Waals surface area contributed by atoms with E-state index in [-0.39, 0.29) is 6.29 Å². The largest absolute Gasteiger partial charge is 0.353 e. The molecule has 0 aromatic carbocycles. The van der Waals surface area contributed by atoms with E-state index in [1.54, 1.807) is 0 Å². The zero-order valence-electron chi connectivity index (χ0n) is 10.4. The molecule has 1 aliphatic rings. The molecule has 3 nitrogen and oxygen atoms in total. The molecule has 0 bridgehead atoms. The first-order valence-electron chi connectivity index (χ1n) is 6.21. The Morgan fingerprint density at radius 3 is 2.33 bits per heavy atom. The zero-order chi connectivity index (χ0) is 11.1. The third-order valence-electron chi connectivity index (χ3n) is 3.18. The Morgan fingerprint density at radius 2 is 1.80 bits per heavy atom. The summed E-state index contributed by atoms with van der Waals surface area (Å²) in [4.78, 5) is 2.42. The lowest BCUT2D eigenvalue weighted by Crippen LogP contribution is -2.35. The van der Waals surface area contributed by atoms with Gasteiger partial charge in [-0.3, -0.25) is 0 Å². The molecule has 0 aromatic rings. The van der Waals surface area contributed by atoms with Crippen LogP contribution in [0.1, 0.15) is 39.5 Å². The van der Waals surface area contributed by atoms with Gasteiger partial charge < -0.3 is 14.4 Å². The summed E-state index contributed by atoms with van der Waals surface area (Å²) in [5, 5.41) is 0. The molecule has 0 N–H and O–H groups in total. The smallest absolute Gasteiger partial charge is 0.158 e. The maximum absolute atomic E-state index is 5.53. The molecule has 1 heterocycles. The molecule has 0 spiro atoms. The first kappa shape index (κ1) is 12.9. The van der Waals surface area contributed by atoms with Crippen molar-refractivity contribution in [2.75, 3.05) is 26.8 Å². The summed E-state index contributed by atoms with van der Waals surface area (Å²) in [5.74, 6) is 0. The summed E-state index contributed by atoms with van der Waals surface area (Å²) in [7, 11) is 2.19. The highest BCUT2D eigenvalue weighted by Crippen LogP contribution is 2.12. The number of hydrogen-bond acceptors (Lipinski definition) is 3. The Morgan fingerprint density at radius 1 is 1.20 bits per heavy atom. The van der Waals surface area contributed by atoms with Gasteiger partial charge in [-0.1, -0.05) is 13.8 Å². The molecule has 0 atom stereocenters. The van der Waals surface area contributed by atoms with E-state index in [0.717, 1.165) is 32.6 Å². The number of nitrogens with zero attached hydrogens (tertiary/aromatic N) is 1. The Kier molecular flexibility index (Phi) is 6.22. The maximum Gasteiger partial charge on any atom is 0.158 e. The van der Waals surface area contributed by atoms with Gasteiger partial charge in [-0.15, -0.1) is 0 Å². The third-order valence-corrected chi connectivity index (χ3v) is 3.18. The normalized spacial score (nSPS) is 19.0. The van der Waals surface area contributed by atoms with Crippen LogP contribution >= 0.6 is 0 Å². The second-order valence-electron chi connectivity index (χ2n) is 4.26. The van der Waals surface area contributed by atoms with Crippen molar-refractivity contribution in [3.63, 3.8) is 0 Å². The van der Waals surface area contributed by atoms with E-state index in [4.69, 9.17) is 9.47 Å². The molecule has 15 heavy (non-hydrogen) atoms. The SMILES string of the molecule is CCC(CC)N(C)CCC1OCCCO1. The van der Waals surface area contributed by atoms with E-state index < -0.39 is 0 Å². The van der Waals surface area contributed by atoms with Gasteiger partial charge in [0.15, 0.2) is 6.29 Å². The third kappa shape index (κ3) is 4.49. The summed E-state index contributed by atoms with van der Waals surface area (Å²) < 4.78 is 11.1. The van der Waals surface area contributed by atoms with E-state index >= 15 is 0 Å². The quantitative estimate of drug-likeness (QED) is 0.678. The predicted molar refractivity (Wildman–Crippen MR) is 61.9 cm³/mol. The first-order valence-corrected chi connectivity index (χ1v) is 6.21. The van der Waals surface area contributed by atoms with Crippen molar-refractivity contribution in [1.29, 1.82) is 0 Å². The molecule has 0 saturated carbocycles. The van der Waals surface area contributed by atoms with Crippen LogP contribution in [0.2, 0.25) is 0 Å². The van der Waals surface area contributed by atoms with Gasteiger partial charge in [0, 0.05) is 19.0 Å². The second-order valence-corrected chi connectivity index (χ2v) is 4.26. The zero-order valence-corrected chi connectivity index (χ0v) is 10.4. The van der Waals surface area contributed by atoms with Gasteiger partial charge in [0.05, 0.1) is 13.2 Å². The molecular formula is C12H25NO2. The molecule has 1 rings (SSSR count). The van der Waals surface area contributed by atoms with Crippen LogP contribution in [0.25, 0.3) is 0 Å². The lowest BCUT2D eigenvalue weighted by atomic mass is 10.1. The second kappa shape index (κ2) is 7.20. The summed E-state index contributed by atoms with van der Waals surface area (Å²) in [6.07, 6.45) is 4.51. The summed E-state index contributed by atoms with van der Waals surface area (Å²) in [6, 6.07) is 0.702. The monoisotopic (exact) mass is 215 g/mol. The van der Waals surface area contributed by atoms with Crippen LogP contribution in [0.3, 0.4) is 0 Å². The summed E-state index contributed by atoms with van der Waals surface area (Å²) in [6.45, 7) is 7.28. The lowest BCUT2D eigenvalue weighted by Gasteiger charge is -2.29. The van der Waals surface area contributed by atoms with Crippen LogP contribution in [0, 0.1) is 0 Å². The van der Waals surface area contributed by atoms with Crippen LogP contribution < -0.4 is 0 Å². The van der Waals surface area contributed by atoms with Crippen LogP contribution in [0.4, 0.5) is 0 Å². The molecule has 1 fully saturated rings. The average Bonchev–Trinajstić information content (AvgIpc) is 2.29. The molecule has 0 amide bonds. The van der Waals surface area contributed by atoms with Gasteiger partial charge in [-0.05, 0) is 26.3 Å². The topological polar surface area (TPSA) is 21.7 Å². The molecule has 0 aromatic heterocycles. The van der Waals surface area contributed by atoms with Crippen molar-refractivity contribution in [2.24, 2.45) is 0 Å². The van der Waals surface area contributed by atoms with Gasteiger partial charge in [0.2, 0.25) is 0 Å². The van der Waals surface area contributed by atoms with Crippen LogP contribution in [-0.2, 0) is 9.47 Å². The van der Waals surface area contributed by atoms with Gasteiger partial charge in [-0.25, -0.2) is 0 Å². The van der Waals surface area contributed by atoms with E-state index in [2.05, 4.69) is 25.8 Å². The highest BCUT2D eigenvalue weighted by molar-refractivity contribution is 4.66. The number of hydrogen-bond donors (Lipinski definition) is 0. The highest BCUT2D eigenvalue weighted by atomic mass is 16.7. The molecule has 1 saturated heterocycles. The fraction of sp³-hybridized carbons (Fsp3) is 1.00. The van der Waals surface area contributed by atoms with Crippen molar-refractivity contribution < 1.29 is 9.47 Å². The van der Waals surface area contributed by atoms with Crippen LogP contribution in [-0.4, -0.2) is 44.0 Å². The minimum atomic E-state index is 0.0376. The Labute approximate surface area is 93.7 Å². The number of rotatable bonds is 6. The van der Waals surface area contributed by atoms with Gasteiger partial charge >= 0.3 is 0 Å². The molecule has 3 heteroatoms. The fourth-order valence-electron chi connectivity index (χ4n) is 2.11. The maximum atomic E-state index is 5.53. The highest BCUT2D eigenvalue weighted by Gasteiger charge is 2.16. The Bertz CT molecular complexity index is 154. The van der Waals surface area contributed by atoms with E-state index in [0.29, 0.717) is 6.04 Å². The van der Waals surface area contributed by atoms with Crippen molar-refractivity contribution in [3.05, 3.63) is 0 Å². The fourth-order valence-corrected chi connectivity index (χ4v) is 2.11. The minimum absolute atomic E-state index is 0.0376.